The van der Waals surface area contributed by atoms with Gasteiger partial charge in [0.15, 0.2) is 0 Å². The molecule has 21 heavy (non-hydrogen) atoms. The molecule has 3 aliphatic heterocycles. The lowest BCUT2D eigenvalue weighted by molar-refractivity contribution is -0.00401. The van der Waals surface area contributed by atoms with Gasteiger partial charge in [-0.15, -0.1) is 0 Å². The summed E-state index contributed by atoms with van der Waals surface area (Å²) >= 11 is 0. The van der Waals surface area contributed by atoms with Gasteiger partial charge in [-0.1, -0.05) is 18.2 Å². The topological polar surface area (TPSA) is 15.7 Å². The Hall–Kier alpha value is -1.06. The molecule has 3 heterocycles. The van der Waals surface area contributed by atoms with Crippen LogP contribution in [0.5, 0.6) is 5.75 Å². The first-order valence-electron chi connectivity index (χ1n) is 8.44. The smallest absolute Gasteiger partial charge is 0.123 e. The second-order valence-corrected chi connectivity index (χ2v) is 7.14. The molecule has 0 bridgehead atoms. The average Bonchev–Trinajstić information content (AvgIpc) is 2.87. The zero-order valence-electron chi connectivity index (χ0n) is 13.1. The van der Waals surface area contributed by atoms with Gasteiger partial charge in [0.1, 0.15) is 11.4 Å². The summed E-state index contributed by atoms with van der Waals surface area (Å²) in [5.41, 5.74) is 1.51. The van der Waals surface area contributed by atoms with Gasteiger partial charge in [-0.25, -0.2) is 0 Å². The van der Waals surface area contributed by atoms with E-state index in [2.05, 4.69) is 41.1 Å². The minimum atomic E-state index is 0.103. The van der Waals surface area contributed by atoms with Crippen LogP contribution in [0, 0.1) is 0 Å². The normalized spacial score (nSPS) is 26.7. The molecule has 3 heteroatoms. The van der Waals surface area contributed by atoms with E-state index < -0.39 is 0 Å². The Balaban J connectivity index is 1.37. The summed E-state index contributed by atoms with van der Waals surface area (Å²) in [6.45, 7) is 4.94. The number of nitrogens with zero attached hydrogens (tertiary/aromatic N) is 2. The van der Waals surface area contributed by atoms with E-state index >= 15 is 0 Å². The number of hydrogen-bond donors (Lipinski definition) is 0. The molecule has 0 unspecified atom stereocenters. The van der Waals surface area contributed by atoms with Crippen molar-refractivity contribution >= 4 is 0 Å². The van der Waals surface area contributed by atoms with Crippen molar-refractivity contribution in [2.75, 3.05) is 33.2 Å². The Morgan fingerprint density at radius 1 is 1.05 bits per heavy atom. The molecule has 2 fully saturated rings. The standard InChI is InChI=1S/C18H26N2O/c1-19-10-6-16(7-11-19)20-12-8-18(9-13-20)14-15-4-2-3-5-17(15)21-18/h2-5,16H,6-14H2,1H3. The minimum Gasteiger partial charge on any atom is -0.487 e. The van der Waals surface area contributed by atoms with Gasteiger partial charge in [-0.2, -0.15) is 0 Å². The SMILES string of the molecule is CN1CCC(N2CCC3(CC2)Cc2ccccc2O3)CC1. The molecule has 0 amide bonds. The second-order valence-electron chi connectivity index (χ2n) is 7.14. The van der Waals surface area contributed by atoms with E-state index in [1.807, 2.05) is 0 Å². The molecule has 114 valence electrons. The Bertz CT molecular complexity index is 473. The first kappa shape index (κ1) is 13.6. The van der Waals surface area contributed by atoms with E-state index in [0.717, 1.165) is 18.2 Å². The van der Waals surface area contributed by atoms with Gasteiger partial charge in [0.25, 0.3) is 0 Å². The van der Waals surface area contributed by atoms with Gasteiger partial charge >= 0.3 is 0 Å². The number of fused-ring (bicyclic) bond motifs is 1. The number of rotatable bonds is 1. The van der Waals surface area contributed by atoms with E-state index in [9.17, 15) is 0 Å². The van der Waals surface area contributed by atoms with E-state index in [1.165, 1.54) is 57.4 Å². The van der Waals surface area contributed by atoms with Crippen molar-refractivity contribution in [1.29, 1.82) is 0 Å². The van der Waals surface area contributed by atoms with Crippen molar-refractivity contribution in [2.24, 2.45) is 0 Å². The molecule has 0 N–H and O–H groups in total. The predicted octanol–water partition coefficient (Wildman–Crippen LogP) is 2.55. The van der Waals surface area contributed by atoms with E-state index in [4.69, 9.17) is 4.74 Å². The number of likely N-dealkylation sites (tertiary alicyclic amines) is 2. The summed E-state index contributed by atoms with van der Waals surface area (Å²) in [7, 11) is 2.24. The van der Waals surface area contributed by atoms with E-state index in [0.29, 0.717) is 0 Å². The number of ether oxygens (including phenoxy) is 1. The van der Waals surface area contributed by atoms with Gasteiger partial charge in [-0.05, 0) is 44.6 Å². The summed E-state index contributed by atoms with van der Waals surface area (Å²) in [6, 6.07) is 9.39. The van der Waals surface area contributed by atoms with Crippen molar-refractivity contribution in [3.8, 4) is 5.75 Å². The van der Waals surface area contributed by atoms with Crippen LogP contribution in [-0.4, -0.2) is 54.7 Å². The molecule has 0 saturated carbocycles. The number of hydrogen-bond acceptors (Lipinski definition) is 3. The maximum atomic E-state index is 6.35. The molecule has 0 radical (unpaired) electrons. The van der Waals surface area contributed by atoms with Crippen LogP contribution in [0.3, 0.4) is 0 Å². The van der Waals surface area contributed by atoms with Crippen LogP contribution in [0.4, 0.5) is 0 Å². The average molecular weight is 286 g/mol. The summed E-state index contributed by atoms with van der Waals surface area (Å²) in [5.74, 6) is 1.13. The first-order chi connectivity index (χ1) is 10.2. The molecule has 1 aromatic rings. The monoisotopic (exact) mass is 286 g/mol. The molecule has 2 saturated heterocycles. The third-order valence-electron chi connectivity index (χ3n) is 5.73. The molecule has 0 aromatic heterocycles. The van der Waals surface area contributed by atoms with Gasteiger partial charge < -0.3 is 9.64 Å². The van der Waals surface area contributed by atoms with Crippen molar-refractivity contribution in [1.82, 2.24) is 9.80 Å². The lowest BCUT2D eigenvalue weighted by atomic mass is 9.86. The fraction of sp³-hybridized carbons (Fsp3) is 0.667. The summed E-state index contributed by atoms with van der Waals surface area (Å²) in [6.07, 6.45) is 6.17. The summed E-state index contributed by atoms with van der Waals surface area (Å²) in [5, 5.41) is 0. The van der Waals surface area contributed by atoms with Crippen molar-refractivity contribution < 1.29 is 4.74 Å². The van der Waals surface area contributed by atoms with Crippen molar-refractivity contribution in [3.05, 3.63) is 29.8 Å². The highest BCUT2D eigenvalue weighted by Gasteiger charge is 2.42. The van der Waals surface area contributed by atoms with E-state index in [-0.39, 0.29) is 5.60 Å². The largest absolute Gasteiger partial charge is 0.487 e. The van der Waals surface area contributed by atoms with Gasteiger partial charge in [0.05, 0.1) is 0 Å². The Kier molecular flexibility index (Phi) is 3.43. The van der Waals surface area contributed by atoms with Gasteiger partial charge in [0.2, 0.25) is 0 Å². The molecule has 4 rings (SSSR count). The van der Waals surface area contributed by atoms with Gasteiger partial charge in [-0.3, -0.25) is 4.90 Å². The zero-order chi connectivity index (χ0) is 14.3. The van der Waals surface area contributed by atoms with Crippen LogP contribution in [0.2, 0.25) is 0 Å². The predicted molar refractivity (Wildman–Crippen MR) is 84.8 cm³/mol. The van der Waals surface area contributed by atoms with Crippen molar-refractivity contribution in [2.45, 2.75) is 43.7 Å². The minimum absolute atomic E-state index is 0.103. The zero-order valence-corrected chi connectivity index (χ0v) is 13.1. The van der Waals surface area contributed by atoms with Crippen LogP contribution >= 0.6 is 0 Å². The van der Waals surface area contributed by atoms with E-state index in [1.54, 1.807) is 0 Å². The first-order valence-corrected chi connectivity index (χ1v) is 8.44. The molecule has 0 aliphatic carbocycles. The molecule has 3 aliphatic rings. The number of benzene rings is 1. The van der Waals surface area contributed by atoms with Crippen LogP contribution in [-0.2, 0) is 6.42 Å². The quantitative estimate of drug-likeness (QED) is 0.789. The fourth-order valence-corrected chi connectivity index (χ4v) is 4.30. The third-order valence-corrected chi connectivity index (χ3v) is 5.73. The van der Waals surface area contributed by atoms with Crippen molar-refractivity contribution in [3.63, 3.8) is 0 Å². The Labute approximate surface area is 127 Å². The number of piperidine rings is 2. The third kappa shape index (κ3) is 2.58. The molecular formula is C18H26N2O. The molecule has 3 nitrogen and oxygen atoms in total. The maximum absolute atomic E-state index is 6.35. The highest BCUT2D eigenvalue weighted by molar-refractivity contribution is 5.39. The van der Waals surface area contributed by atoms with Crippen LogP contribution in [0.25, 0.3) is 0 Å². The maximum Gasteiger partial charge on any atom is 0.123 e. The summed E-state index contributed by atoms with van der Waals surface area (Å²) < 4.78 is 6.35. The van der Waals surface area contributed by atoms with Crippen LogP contribution in [0.1, 0.15) is 31.2 Å². The second kappa shape index (κ2) is 5.29. The highest BCUT2D eigenvalue weighted by atomic mass is 16.5. The fourth-order valence-electron chi connectivity index (χ4n) is 4.30. The van der Waals surface area contributed by atoms with Gasteiger partial charge in [0, 0.05) is 38.4 Å². The van der Waals surface area contributed by atoms with Crippen LogP contribution < -0.4 is 4.74 Å². The molecule has 1 aromatic carbocycles. The van der Waals surface area contributed by atoms with Crippen LogP contribution in [0.15, 0.2) is 24.3 Å². The lowest BCUT2D eigenvalue weighted by Crippen LogP contribution is -2.52. The molecule has 1 spiro atoms. The highest BCUT2D eigenvalue weighted by Crippen LogP contribution is 2.41. The summed E-state index contributed by atoms with van der Waals surface area (Å²) in [4.78, 5) is 5.18. The Morgan fingerprint density at radius 2 is 1.76 bits per heavy atom. The molecular weight excluding hydrogens is 260 g/mol. The number of para-hydroxylation sites is 1. The lowest BCUT2D eigenvalue weighted by Gasteiger charge is -2.44. The molecule has 0 atom stereocenters. The Morgan fingerprint density at radius 3 is 2.48 bits per heavy atom.